The maximum absolute atomic E-state index is 10.7. The van der Waals surface area contributed by atoms with Gasteiger partial charge in [-0.1, -0.05) is 32.8 Å². The van der Waals surface area contributed by atoms with Gasteiger partial charge in [-0.3, -0.25) is 10.1 Å². The van der Waals surface area contributed by atoms with E-state index in [0.29, 0.717) is 0 Å². The summed E-state index contributed by atoms with van der Waals surface area (Å²) in [5.41, 5.74) is 2.06. The van der Waals surface area contributed by atoms with Crippen LogP contribution >= 0.6 is 0 Å². The van der Waals surface area contributed by atoms with Crippen molar-refractivity contribution in [3.05, 3.63) is 33.9 Å². The van der Waals surface area contributed by atoms with Gasteiger partial charge in [0.2, 0.25) is 0 Å². The monoisotopic (exact) mass is 250 g/mol. The van der Waals surface area contributed by atoms with E-state index in [1.165, 1.54) is 12.8 Å². The van der Waals surface area contributed by atoms with Crippen molar-refractivity contribution in [1.82, 2.24) is 0 Å². The summed E-state index contributed by atoms with van der Waals surface area (Å²) in [4.78, 5) is 10.3. The van der Waals surface area contributed by atoms with Crippen LogP contribution in [-0.4, -0.2) is 11.5 Å². The molecular weight excluding hydrogens is 228 g/mol. The van der Waals surface area contributed by atoms with Crippen LogP contribution in [0.2, 0.25) is 0 Å². The highest BCUT2D eigenvalue weighted by Gasteiger charge is 2.07. The number of non-ortho nitro benzene ring substituents is 1. The predicted molar refractivity (Wildman–Crippen MR) is 75.0 cm³/mol. The highest BCUT2D eigenvalue weighted by Crippen LogP contribution is 2.21. The molecule has 0 bridgehead atoms. The molecule has 1 aromatic carbocycles. The lowest BCUT2D eigenvalue weighted by Crippen LogP contribution is -2.04. The van der Waals surface area contributed by atoms with Gasteiger partial charge in [0.25, 0.3) is 5.69 Å². The standard InChI is InChI=1S/C14H22N2O2/c1-11(2)6-4-5-9-15-14-10-13(16(17)18)8-7-12(14)3/h7-8,10-11,15H,4-6,9H2,1-3H3. The van der Waals surface area contributed by atoms with Crippen molar-refractivity contribution in [2.45, 2.75) is 40.0 Å². The Morgan fingerprint density at radius 2 is 2.06 bits per heavy atom. The molecule has 4 heteroatoms. The Kier molecular flexibility index (Phi) is 5.62. The summed E-state index contributed by atoms with van der Waals surface area (Å²) in [6.07, 6.45) is 3.52. The largest absolute Gasteiger partial charge is 0.385 e. The molecule has 0 aliphatic carbocycles. The summed E-state index contributed by atoms with van der Waals surface area (Å²) >= 11 is 0. The fourth-order valence-electron chi connectivity index (χ4n) is 1.81. The first-order valence-electron chi connectivity index (χ1n) is 6.49. The van der Waals surface area contributed by atoms with Crippen molar-refractivity contribution >= 4 is 11.4 Å². The molecule has 100 valence electrons. The molecule has 0 amide bonds. The third-order valence-corrected chi connectivity index (χ3v) is 2.96. The molecule has 0 saturated heterocycles. The second-order valence-electron chi connectivity index (χ2n) is 5.07. The van der Waals surface area contributed by atoms with Crippen LogP contribution in [0.1, 0.15) is 38.7 Å². The highest BCUT2D eigenvalue weighted by atomic mass is 16.6. The molecule has 1 N–H and O–H groups in total. The lowest BCUT2D eigenvalue weighted by atomic mass is 10.1. The van der Waals surface area contributed by atoms with E-state index in [9.17, 15) is 10.1 Å². The zero-order valence-corrected chi connectivity index (χ0v) is 11.4. The van der Waals surface area contributed by atoms with Crippen molar-refractivity contribution < 1.29 is 4.92 Å². The molecule has 4 nitrogen and oxygen atoms in total. The molecule has 0 atom stereocenters. The minimum absolute atomic E-state index is 0.144. The number of benzene rings is 1. The van der Waals surface area contributed by atoms with Crippen LogP contribution in [0.15, 0.2) is 18.2 Å². The van der Waals surface area contributed by atoms with Gasteiger partial charge in [0.05, 0.1) is 4.92 Å². The number of nitrogens with one attached hydrogen (secondary N) is 1. The van der Waals surface area contributed by atoms with Gasteiger partial charge in [-0.15, -0.1) is 0 Å². The maximum atomic E-state index is 10.7. The molecule has 1 aromatic rings. The van der Waals surface area contributed by atoms with Crippen LogP contribution < -0.4 is 5.32 Å². The van der Waals surface area contributed by atoms with Gasteiger partial charge >= 0.3 is 0 Å². The smallest absolute Gasteiger partial charge is 0.271 e. The zero-order valence-electron chi connectivity index (χ0n) is 11.4. The fourth-order valence-corrected chi connectivity index (χ4v) is 1.81. The van der Waals surface area contributed by atoms with E-state index < -0.39 is 0 Å². The van der Waals surface area contributed by atoms with Gasteiger partial charge in [0, 0.05) is 24.4 Å². The molecular formula is C14H22N2O2. The number of rotatable bonds is 7. The molecule has 0 unspecified atom stereocenters. The average molecular weight is 250 g/mol. The van der Waals surface area contributed by atoms with Crippen molar-refractivity contribution in [3.63, 3.8) is 0 Å². The Labute approximate surface area is 109 Å². The van der Waals surface area contributed by atoms with Gasteiger partial charge in [0.1, 0.15) is 0 Å². The third-order valence-electron chi connectivity index (χ3n) is 2.96. The van der Waals surface area contributed by atoms with Crippen LogP contribution in [0.25, 0.3) is 0 Å². The zero-order chi connectivity index (χ0) is 13.5. The molecule has 18 heavy (non-hydrogen) atoms. The van der Waals surface area contributed by atoms with E-state index in [0.717, 1.165) is 30.1 Å². The van der Waals surface area contributed by atoms with Crippen LogP contribution in [0.4, 0.5) is 11.4 Å². The summed E-state index contributed by atoms with van der Waals surface area (Å²) in [6, 6.07) is 4.94. The molecule has 0 aromatic heterocycles. The van der Waals surface area contributed by atoms with Gasteiger partial charge in [-0.2, -0.15) is 0 Å². The van der Waals surface area contributed by atoms with E-state index in [-0.39, 0.29) is 10.6 Å². The second-order valence-corrected chi connectivity index (χ2v) is 5.07. The number of hydrogen-bond acceptors (Lipinski definition) is 3. The summed E-state index contributed by atoms with van der Waals surface area (Å²) in [5.74, 6) is 0.740. The number of hydrogen-bond donors (Lipinski definition) is 1. The van der Waals surface area contributed by atoms with E-state index in [1.54, 1.807) is 18.2 Å². The molecule has 0 heterocycles. The predicted octanol–water partition coefficient (Wildman–Crippen LogP) is 4.14. The lowest BCUT2D eigenvalue weighted by Gasteiger charge is -2.09. The van der Waals surface area contributed by atoms with Gasteiger partial charge in [-0.05, 0) is 24.8 Å². The Balaban J connectivity index is 2.46. The Morgan fingerprint density at radius 3 is 2.67 bits per heavy atom. The lowest BCUT2D eigenvalue weighted by molar-refractivity contribution is -0.384. The SMILES string of the molecule is Cc1ccc([N+](=O)[O-])cc1NCCCCC(C)C. The summed E-state index contributed by atoms with van der Waals surface area (Å²) in [5, 5.41) is 14.0. The minimum Gasteiger partial charge on any atom is -0.385 e. The summed E-state index contributed by atoms with van der Waals surface area (Å²) < 4.78 is 0. The summed E-state index contributed by atoms with van der Waals surface area (Å²) in [7, 11) is 0. The van der Waals surface area contributed by atoms with E-state index in [2.05, 4.69) is 19.2 Å². The molecule has 0 aliphatic heterocycles. The minimum atomic E-state index is -0.358. The van der Waals surface area contributed by atoms with E-state index in [4.69, 9.17) is 0 Å². The Bertz CT molecular complexity index is 403. The molecule has 0 spiro atoms. The van der Waals surface area contributed by atoms with Crippen LogP contribution in [0, 0.1) is 23.0 Å². The number of unbranched alkanes of at least 4 members (excludes halogenated alkanes) is 1. The molecule has 0 saturated carbocycles. The van der Waals surface area contributed by atoms with Crippen LogP contribution in [-0.2, 0) is 0 Å². The fraction of sp³-hybridized carbons (Fsp3) is 0.571. The molecule has 1 rings (SSSR count). The first-order valence-corrected chi connectivity index (χ1v) is 6.49. The first kappa shape index (κ1) is 14.5. The van der Waals surface area contributed by atoms with Crippen molar-refractivity contribution in [2.24, 2.45) is 5.92 Å². The Hall–Kier alpha value is -1.58. The third kappa shape index (κ3) is 4.73. The van der Waals surface area contributed by atoms with Crippen LogP contribution in [0.3, 0.4) is 0 Å². The number of nitro groups is 1. The van der Waals surface area contributed by atoms with Crippen molar-refractivity contribution in [2.75, 3.05) is 11.9 Å². The second kappa shape index (κ2) is 6.99. The molecule has 0 aliphatic rings. The number of nitro benzene ring substituents is 1. The van der Waals surface area contributed by atoms with Gasteiger partial charge < -0.3 is 5.32 Å². The maximum Gasteiger partial charge on any atom is 0.271 e. The quantitative estimate of drug-likeness (QED) is 0.449. The normalized spacial score (nSPS) is 10.7. The highest BCUT2D eigenvalue weighted by molar-refractivity contribution is 5.56. The van der Waals surface area contributed by atoms with E-state index in [1.807, 2.05) is 6.92 Å². The van der Waals surface area contributed by atoms with Crippen LogP contribution in [0.5, 0.6) is 0 Å². The molecule has 0 fully saturated rings. The topological polar surface area (TPSA) is 55.2 Å². The van der Waals surface area contributed by atoms with Crippen molar-refractivity contribution in [1.29, 1.82) is 0 Å². The Morgan fingerprint density at radius 1 is 1.33 bits per heavy atom. The van der Waals surface area contributed by atoms with Gasteiger partial charge in [0.15, 0.2) is 0 Å². The number of aryl methyl sites for hydroxylation is 1. The number of nitrogens with zero attached hydrogens (tertiary/aromatic N) is 1. The van der Waals surface area contributed by atoms with E-state index >= 15 is 0 Å². The average Bonchev–Trinajstić information content (AvgIpc) is 2.30. The van der Waals surface area contributed by atoms with Gasteiger partial charge in [-0.25, -0.2) is 0 Å². The van der Waals surface area contributed by atoms with Crippen molar-refractivity contribution in [3.8, 4) is 0 Å². The molecule has 0 radical (unpaired) electrons. The summed E-state index contributed by atoms with van der Waals surface area (Å²) in [6.45, 7) is 7.27. The number of anilines is 1. The first-order chi connectivity index (χ1) is 8.50.